The molecular formula is C9H15NO4S. The second kappa shape index (κ2) is 6.40. The molecule has 0 aliphatic carbocycles. The highest BCUT2D eigenvalue weighted by Gasteiger charge is 2.21. The fourth-order valence-corrected chi connectivity index (χ4v) is 1.80. The van der Waals surface area contributed by atoms with Crippen LogP contribution in [-0.4, -0.2) is 32.5 Å². The highest BCUT2D eigenvalue weighted by atomic mass is 32.2. The Morgan fingerprint density at radius 2 is 2.07 bits per heavy atom. The summed E-state index contributed by atoms with van der Waals surface area (Å²) in [5.74, 6) is -1.76. The first-order valence-corrected chi connectivity index (χ1v) is 6.55. The van der Waals surface area contributed by atoms with Crippen LogP contribution in [0.4, 0.5) is 0 Å². The molecule has 15 heavy (non-hydrogen) atoms. The van der Waals surface area contributed by atoms with Crippen molar-refractivity contribution < 1.29 is 17.9 Å². The molecule has 5 nitrogen and oxygen atoms in total. The molecule has 0 saturated carbocycles. The molecule has 0 rings (SSSR count). The lowest BCUT2D eigenvalue weighted by molar-refractivity contribution is -0.146. The molecule has 0 bridgehead atoms. The molecule has 0 fully saturated rings. The molecule has 0 amide bonds. The maximum Gasteiger partial charge on any atom is 0.323 e. The normalized spacial score (nSPS) is 12.9. The Kier molecular flexibility index (Phi) is 5.94. The highest BCUT2D eigenvalue weighted by Crippen LogP contribution is 2.07. The van der Waals surface area contributed by atoms with Gasteiger partial charge in [0.15, 0.2) is 0 Å². The number of carbonyl (C=O) groups is 1. The van der Waals surface area contributed by atoms with E-state index in [2.05, 4.69) is 4.74 Å². The van der Waals surface area contributed by atoms with Gasteiger partial charge in [0.1, 0.15) is 15.8 Å². The molecule has 0 spiro atoms. The summed E-state index contributed by atoms with van der Waals surface area (Å²) >= 11 is 0. The van der Waals surface area contributed by atoms with Crippen molar-refractivity contribution >= 4 is 15.8 Å². The van der Waals surface area contributed by atoms with Gasteiger partial charge in [-0.1, -0.05) is 6.92 Å². The lowest BCUT2D eigenvalue weighted by Crippen LogP contribution is -2.20. The van der Waals surface area contributed by atoms with Gasteiger partial charge < -0.3 is 4.74 Å². The van der Waals surface area contributed by atoms with Gasteiger partial charge in [-0.05, 0) is 13.3 Å². The highest BCUT2D eigenvalue weighted by molar-refractivity contribution is 7.91. The largest absolute Gasteiger partial charge is 0.465 e. The van der Waals surface area contributed by atoms with Crippen molar-refractivity contribution in [2.75, 3.05) is 18.1 Å². The molecule has 0 aromatic carbocycles. The van der Waals surface area contributed by atoms with E-state index < -0.39 is 21.7 Å². The number of esters is 1. The van der Waals surface area contributed by atoms with Gasteiger partial charge >= 0.3 is 5.97 Å². The van der Waals surface area contributed by atoms with Gasteiger partial charge in [0, 0.05) is 5.75 Å². The lowest BCUT2D eigenvalue weighted by Gasteiger charge is -2.07. The smallest absolute Gasteiger partial charge is 0.323 e. The minimum atomic E-state index is -3.13. The predicted octanol–water partition coefficient (Wildman–Crippen LogP) is 0.514. The molecule has 0 radical (unpaired) electrons. The van der Waals surface area contributed by atoms with Crippen LogP contribution in [0.2, 0.25) is 0 Å². The Labute approximate surface area is 90.0 Å². The summed E-state index contributed by atoms with van der Waals surface area (Å²) in [6.45, 7) is 3.35. The summed E-state index contributed by atoms with van der Waals surface area (Å²) in [6, 6.07) is 1.74. The molecular weight excluding hydrogens is 218 g/mol. The lowest BCUT2D eigenvalue weighted by atomic mass is 10.1. The summed E-state index contributed by atoms with van der Waals surface area (Å²) in [5.41, 5.74) is 0. The zero-order valence-electron chi connectivity index (χ0n) is 8.89. The first-order chi connectivity index (χ1) is 6.96. The van der Waals surface area contributed by atoms with Crippen molar-refractivity contribution in [3.8, 4) is 6.07 Å². The Bertz CT molecular complexity index is 342. The minimum Gasteiger partial charge on any atom is -0.465 e. The van der Waals surface area contributed by atoms with Crippen LogP contribution in [0.1, 0.15) is 20.3 Å². The van der Waals surface area contributed by atoms with Gasteiger partial charge in [-0.3, -0.25) is 4.79 Å². The minimum absolute atomic E-state index is 0.00546. The second-order valence-electron chi connectivity index (χ2n) is 2.96. The van der Waals surface area contributed by atoms with E-state index in [4.69, 9.17) is 5.26 Å². The Morgan fingerprint density at radius 1 is 1.47 bits per heavy atom. The van der Waals surface area contributed by atoms with E-state index in [0.29, 0.717) is 0 Å². The van der Waals surface area contributed by atoms with E-state index in [1.165, 1.54) is 6.92 Å². The van der Waals surface area contributed by atoms with Gasteiger partial charge in [-0.25, -0.2) is 8.42 Å². The number of rotatable bonds is 6. The molecule has 1 unspecified atom stereocenters. The van der Waals surface area contributed by atoms with Crippen LogP contribution in [0.3, 0.4) is 0 Å². The van der Waals surface area contributed by atoms with E-state index in [1.54, 1.807) is 13.0 Å². The van der Waals surface area contributed by atoms with Crippen molar-refractivity contribution in [3.63, 3.8) is 0 Å². The van der Waals surface area contributed by atoms with Crippen molar-refractivity contribution in [2.45, 2.75) is 20.3 Å². The number of nitriles is 1. The van der Waals surface area contributed by atoms with E-state index >= 15 is 0 Å². The van der Waals surface area contributed by atoms with Gasteiger partial charge in [-0.2, -0.15) is 5.26 Å². The molecule has 0 aliphatic rings. The van der Waals surface area contributed by atoms with Gasteiger partial charge in [0.05, 0.1) is 18.4 Å². The zero-order chi connectivity index (χ0) is 11.9. The molecule has 6 heteroatoms. The standard InChI is InChI=1S/C9H15NO4S/c1-3-14-9(11)8(7-10)5-6-15(12,13)4-2/h8H,3-6H2,1-2H3. The molecule has 0 heterocycles. The SMILES string of the molecule is CCOC(=O)C(C#N)CCS(=O)(=O)CC. The third-order valence-corrected chi connectivity index (χ3v) is 3.62. The van der Waals surface area contributed by atoms with Gasteiger partial charge in [0.2, 0.25) is 0 Å². The molecule has 1 atom stereocenters. The van der Waals surface area contributed by atoms with Crippen molar-refractivity contribution in [1.82, 2.24) is 0 Å². The zero-order valence-corrected chi connectivity index (χ0v) is 9.71. The van der Waals surface area contributed by atoms with Gasteiger partial charge in [-0.15, -0.1) is 0 Å². The van der Waals surface area contributed by atoms with E-state index in [0.717, 1.165) is 0 Å². The van der Waals surface area contributed by atoms with Crippen molar-refractivity contribution in [1.29, 1.82) is 5.26 Å². The van der Waals surface area contributed by atoms with E-state index in [-0.39, 0.29) is 24.5 Å². The first-order valence-electron chi connectivity index (χ1n) is 4.73. The summed E-state index contributed by atoms with van der Waals surface area (Å²) in [4.78, 5) is 11.1. The number of hydrogen-bond acceptors (Lipinski definition) is 5. The average Bonchev–Trinajstić information content (AvgIpc) is 2.19. The molecule has 0 saturated heterocycles. The number of hydrogen-bond donors (Lipinski definition) is 0. The predicted molar refractivity (Wildman–Crippen MR) is 54.7 cm³/mol. The number of ether oxygens (including phenoxy) is 1. The Morgan fingerprint density at radius 3 is 2.47 bits per heavy atom. The molecule has 0 aromatic heterocycles. The molecule has 0 aliphatic heterocycles. The third-order valence-electron chi connectivity index (χ3n) is 1.88. The number of carbonyl (C=O) groups excluding carboxylic acids is 1. The first kappa shape index (κ1) is 13.9. The van der Waals surface area contributed by atoms with Crippen LogP contribution in [0.25, 0.3) is 0 Å². The van der Waals surface area contributed by atoms with Crippen molar-refractivity contribution in [2.24, 2.45) is 5.92 Å². The fourth-order valence-electron chi connectivity index (χ4n) is 0.920. The maximum atomic E-state index is 11.1. The quantitative estimate of drug-likeness (QED) is 0.624. The van der Waals surface area contributed by atoms with Gasteiger partial charge in [0.25, 0.3) is 0 Å². The van der Waals surface area contributed by atoms with Crippen LogP contribution in [0.15, 0.2) is 0 Å². The fraction of sp³-hybridized carbons (Fsp3) is 0.778. The topological polar surface area (TPSA) is 84.2 Å². The molecule has 86 valence electrons. The third kappa shape index (κ3) is 5.37. The maximum absolute atomic E-state index is 11.1. The number of sulfone groups is 1. The number of nitrogens with zero attached hydrogens (tertiary/aromatic N) is 1. The van der Waals surface area contributed by atoms with Crippen LogP contribution >= 0.6 is 0 Å². The van der Waals surface area contributed by atoms with Crippen LogP contribution in [0, 0.1) is 17.2 Å². The Hall–Kier alpha value is -1.09. The average molecular weight is 233 g/mol. The van der Waals surface area contributed by atoms with Crippen molar-refractivity contribution in [3.05, 3.63) is 0 Å². The second-order valence-corrected chi connectivity index (χ2v) is 5.43. The summed E-state index contributed by atoms with van der Waals surface area (Å²) in [6.07, 6.45) is 0.00546. The summed E-state index contributed by atoms with van der Waals surface area (Å²) < 4.78 is 26.9. The summed E-state index contributed by atoms with van der Waals surface area (Å²) in [5, 5.41) is 8.65. The monoisotopic (exact) mass is 233 g/mol. The van der Waals surface area contributed by atoms with Crippen LogP contribution < -0.4 is 0 Å². The molecule has 0 aromatic rings. The Balaban J connectivity index is 4.26. The van der Waals surface area contributed by atoms with E-state index in [1.807, 2.05) is 0 Å². The van der Waals surface area contributed by atoms with Crippen LogP contribution in [-0.2, 0) is 19.4 Å². The van der Waals surface area contributed by atoms with E-state index in [9.17, 15) is 13.2 Å². The van der Waals surface area contributed by atoms with Crippen LogP contribution in [0.5, 0.6) is 0 Å². The summed E-state index contributed by atoms with van der Waals surface area (Å²) in [7, 11) is -3.13. The molecule has 0 N–H and O–H groups in total.